The summed E-state index contributed by atoms with van der Waals surface area (Å²) in [5, 5.41) is 5.26. The Bertz CT molecular complexity index is 982. The van der Waals surface area contributed by atoms with E-state index in [1.165, 1.54) is 17.4 Å². The van der Waals surface area contributed by atoms with E-state index in [0.29, 0.717) is 18.3 Å². The number of aromatic nitrogens is 1. The third kappa shape index (κ3) is 5.68. The van der Waals surface area contributed by atoms with Crippen molar-refractivity contribution in [1.29, 1.82) is 0 Å². The molecule has 0 aliphatic rings. The highest BCUT2D eigenvalue weighted by molar-refractivity contribution is 7.14. The highest BCUT2D eigenvalue weighted by Gasteiger charge is 2.11. The van der Waals surface area contributed by atoms with Crippen molar-refractivity contribution in [2.75, 3.05) is 18.5 Å². The van der Waals surface area contributed by atoms with Crippen LogP contribution in [0.5, 0.6) is 11.5 Å². The third-order valence-corrected chi connectivity index (χ3v) is 4.75. The topological polar surface area (TPSA) is 60.5 Å². The number of benzene rings is 2. The number of carbonyl (C=O) groups excluding carboxylic acids is 1. The minimum atomic E-state index is -0.241. The molecule has 0 aliphatic carbocycles. The van der Waals surface area contributed by atoms with Crippen molar-refractivity contribution < 1.29 is 14.3 Å². The van der Waals surface area contributed by atoms with E-state index in [2.05, 4.69) is 17.2 Å². The van der Waals surface area contributed by atoms with Crippen molar-refractivity contribution >= 4 is 28.5 Å². The first-order chi connectivity index (χ1) is 14.2. The van der Waals surface area contributed by atoms with Crippen LogP contribution in [0.3, 0.4) is 0 Å². The van der Waals surface area contributed by atoms with E-state index >= 15 is 0 Å². The molecule has 1 aromatic heterocycles. The molecule has 2 aromatic carbocycles. The second-order valence-corrected chi connectivity index (χ2v) is 7.03. The molecular weight excluding hydrogens is 384 g/mol. The number of hydrogen-bond acceptors (Lipinski definition) is 5. The number of para-hydroxylation sites is 2. The average molecular weight is 409 g/mol. The molecule has 0 fully saturated rings. The molecule has 1 heterocycles. The van der Waals surface area contributed by atoms with Gasteiger partial charge in [-0.05, 0) is 37.6 Å². The van der Waals surface area contributed by atoms with Crippen LogP contribution in [0.2, 0.25) is 0 Å². The van der Waals surface area contributed by atoms with Crippen molar-refractivity contribution in [2.24, 2.45) is 0 Å². The highest BCUT2D eigenvalue weighted by Crippen LogP contribution is 2.32. The van der Waals surface area contributed by atoms with Crippen LogP contribution in [-0.4, -0.2) is 24.1 Å². The maximum atomic E-state index is 12.3. The molecule has 0 saturated heterocycles. The number of nitrogens with zero attached hydrogens (tertiary/aromatic N) is 1. The van der Waals surface area contributed by atoms with Crippen LogP contribution in [0, 0.1) is 0 Å². The van der Waals surface area contributed by atoms with Crippen molar-refractivity contribution in [3.05, 3.63) is 65.6 Å². The fourth-order valence-corrected chi connectivity index (χ4v) is 3.40. The van der Waals surface area contributed by atoms with Crippen molar-refractivity contribution in [2.45, 2.75) is 20.3 Å². The highest BCUT2D eigenvalue weighted by atomic mass is 32.1. The Hall–Kier alpha value is -3.12. The molecule has 0 saturated carbocycles. The lowest BCUT2D eigenvalue weighted by Gasteiger charge is -2.07. The van der Waals surface area contributed by atoms with E-state index in [0.717, 1.165) is 34.7 Å². The van der Waals surface area contributed by atoms with Gasteiger partial charge in [-0.25, -0.2) is 4.98 Å². The summed E-state index contributed by atoms with van der Waals surface area (Å²) in [6, 6.07) is 15.4. The van der Waals surface area contributed by atoms with Gasteiger partial charge < -0.3 is 9.47 Å². The normalized spacial score (nSPS) is 10.8. The number of ether oxygens (including phenoxy) is 2. The summed E-state index contributed by atoms with van der Waals surface area (Å²) < 4.78 is 11.4. The first-order valence-corrected chi connectivity index (χ1v) is 10.5. The molecule has 1 N–H and O–H groups in total. The van der Waals surface area contributed by atoms with Crippen molar-refractivity contribution in [3.63, 3.8) is 0 Å². The maximum Gasteiger partial charge on any atom is 0.250 e. The predicted molar refractivity (Wildman–Crippen MR) is 119 cm³/mol. The zero-order valence-electron chi connectivity index (χ0n) is 16.6. The first kappa shape index (κ1) is 20.6. The zero-order valence-corrected chi connectivity index (χ0v) is 17.4. The SMILES string of the molecule is CCCOc1ccccc1/C=C/C(=O)Nc1nc(-c2ccccc2OCC)cs1. The van der Waals surface area contributed by atoms with Gasteiger partial charge in [0, 0.05) is 22.6 Å². The molecule has 0 unspecified atom stereocenters. The molecule has 6 heteroatoms. The monoisotopic (exact) mass is 408 g/mol. The van der Waals surface area contributed by atoms with Gasteiger partial charge in [-0.2, -0.15) is 0 Å². The molecule has 5 nitrogen and oxygen atoms in total. The second-order valence-electron chi connectivity index (χ2n) is 6.18. The van der Waals surface area contributed by atoms with Crippen LogP contribution in [-0.2, 0) is 4.79 Å². The van der Waals surface area contributed by atoms with Gasteiger partial charge in [0.25, 0.3) is 0 Å². The number of rotatable bonds is 9. The number of amides is 1. The molecular formula is C23H24N2O3S. The third-order valence-electron chi connectivity index (χ3n) is 3.99. The molecule has 1 amide bonds. The van der Waals surface area contributed by atoms with Gasteiger partial charge in [0.15, 0.2) is 5.13 Å². The Balaban J connectivity index is 1.68. The molecule has 0 bridgehead atoms. The average Bonchev–Trinajstić information content (AvgIpc) is 3.20. The predicted octanol–water partition coefficient (Wildman–Crippen LogP) is 5.65. The van der Waals surface area contributed by atoms with E-state index in [-0.39, 0.29) is 5.91 Å². The number of hydrogen-bond donors (Lipinski definition) is 1. The Labute approximate surface area is 175 Å². The summed E-state index contributed by atoms with van der Waals surface area (Å²) >= 11 is 1.38. The molecule has 3 rings (SSSR count). The molecule has 29 heavy (non-hydrogen) atoms. The Morgan fingerprint density at radius 2 is 1.83 bits per heavy atom. The Kier molecular flexibility index (Phi) is 7.41. The summed E-state index contributed by atoms with van der Waals surface area (Å²) in [5.74, 6) is 1.30. The minimum absolute atomic E-state index is 0.241. The smallest absolute Gasteiger partial charge is 0.250 e. The lowest BCUT2D eigenvalue weighted by atomic mass is 10.1. The van der Waals surface area contributed by atoms with Crippen LogP contribution in [0.15, 0.2) is 60.0 Å². The molecule has 3 aromatic rings. The van der Waals surface area contributed by atoms with E-state index in [9.17, 15) is 4.79 Å². The lowest BCUT2D eigenvalue weighted by Crippen LogP contribution is -2.07. The van der Waals surface area contributed by atoms with Crippen LogP contribution >= 0.6 is 11.3 Å². The lowest BCUT2D eigenvalue weighted by molar-refractivity contribution is -0.111. The summed E-state index contributed by atoms with van der Waals surface area (Å²) in [7, 11) is 0. The molecule has 0 spiro atoms. The van der Waals surface area contributed by atoms with E-state index in [1.54, 1.807) is 6.08 Å². The molecule has 150 valence electrons. The van der Waals surface area contributed by atoms with Crippen LogP contribution in [0.4, 0.5) is 5.13 Å². The first-order valence-electron chi connectivity index (χ1n) is 9.60. The van der Waals surface area contributed by atoms with Crippen LogP contribution in [0.25, 0.3) is 17.3 Å². The Morgan fingerprint density at radius 3 is 2.62 bits per heavy atom. The zero-order chi connectivity index (χ0) is 20.5. The number of thiazole rings is 1. The maximum absolute atomic E-state index is 12.3. The van der Waals surface area contributed by atoms with Crippen LogP contribution in [0.1, 0.15) is 25.8 Å². The van der Waals surface area contributed by atoms with Gasteiger partial charge in [0.1, 0.15) is 11.5 Å². The minimum Gasteiger partial charge on any atom is -0.493 e. The number of anilines is 1. The van der Waals surface area contributed by atoms with Crippen molar-refractivity contribution in [1.82, 2.24) is 4.98 Å². The summed E-state index contributed by atoms with van der Waals surface area (Å²) in [5.41, 5.74) is 2.54. The van der Waals surface area contributed by atoms with Gasteiger partial charge in [0.2, 0.25) is 5.91 Å². The van der Waals surface area contributed by atoms with Gasteiger partial charge in [0.05, 0.1) is 18.9 Å². The van der Waals surface area contributed by atoms with Crippen LogP contribution < -0.4 is 14.8 Å². The van der Waals surface area contributed by atoms with Gasteiger partial charge >= 0.3 is 0 Å². The standard InChI is InChI=1S/C23H24N2O3S/c1-3-15-28-20-11-7-5-9-17(20)13-14-22(26)25-23-24-19(16-29-23)18-10-6-8-12-21(18)27-4-2/h5-14,16H,3-4,15H2,1-2H3,(H,24,25,26)/b14-13+. The second kappa shape index (κ2) is 10.4. The number of nitrogens with one attached hydrogen (secondary N) is 1. The van der Waals surface area contributed by atoms with Crippen molar-refractivity contribution in [3.8, 4) is 22.8 Å². The number of carbonyl (C=O) groups is 1. The fourth-order valence-electron chi connectivity index (χ4n) is 2.69. The fraction of sp³-hybridized carbons (Fsp3) is 0.217. The molecule has 0 aliphatic heterocycles. The summed E-state index contributed by atoms with van der Waals surface area (Å²) in [4.78, 5) is 16.9. The van der Waals surface area contributed by atoms with E-state index in [1.807, 2.05) is 60.8 Å². The van der Waals surface area contributed by atoms with Gasteiger partial charge in [-0.3, -0.25) is 10.1 Å². The van der Waals surface area contributed by atoms with Gasteiger partial charge in [-0.1, -0.05) is 37.3 Å². The molecule has 0 radical (unpaired) electrons. The molecule has 0 atom stereocenters. The quantitative estimate of drug-likeness (QED) is 0.465. The van der Waals surface area contributed by atoms with E-state index < -0.39 is 0 Å². The summed E-state index contributed by atoms with van der Waals surface area (Å²) in [6.45, 7) is 5.23. The summed E-state index contributed by atoms with van der Waals surface area (Å²) in [6.07, 6.45) is 4.17. The largest absolute Gasteiger partial charge is 0.493 e. The van der Waals surface area contributed by atoms with E-state index in [4.69, 9.17) is 9.47 Å². The Morgan fingerprint density at radius 1 is 1.07 bits per heavy atom. The van der Waals surface area contributed by atoms with Gasteiger partial charge in [-0.15, -0.1) is 11.3 Å².